The third-order valence-electron chi connectivity index (χ3n) is 4.32. The van der Waals surface area contributed by atoms with E-state index in [4.69, 9.17) is 9.26 Å². The molecule has 1 N–H and O–H groups in total. The lowest BCUT2D eigenvalue weighted by molar-refractivity contribution is 0.0953. The number of nitrogens with one attached hydrogen (secondary N) is 1. The van der Waals surface area contributed by atoms with Crippen molar-refractivity contribution >= 4 is 5.91 Å². The van der Waals surface area contributed by atoms with E-state index < -0.39 is 0 Å². The Hall–Kier alpha value is -3.15. The SMILES string of the molecule is COc1ccc(C)cc1CCNC(=O)c1c(-c2ccc(F)cc2)noc1C. The van der Waals surface area contributed by atoms with Crippen molar-refractivity contribution in [3.8, 4) is 17.0 Å². The Labute approximate surface area is 157 Å². The van der Waals surface area contributed by atoms with Crippen LogP contribution in [-0.2, 0) is 6.42 Å². The molecular weight excluding hydrogens is 347 g/mol. The van der Waals surface area contributed by atoms with E-state index in [1.165, 1.54) is 12.1 Å². The van der Waals surface area contributed by atoms with Crippen LogP contribution in [0.25, 0.3) is 11.3 Å². The molecule has 5 nitrogen and oxygen atoms in total. The number of ether oxygens (including phenoxy) is 1. The second-order valence-corrected chi connectivity index (χ2v) is 6.29. The monoisotopic (exact) mass is 368 g/mol. The van der Waals surface area contributed by atoms with Gasteiger partial charge in [-0.15, -0.1) is 0 Å². The van der Waals surface area contributed by atoms with Crippen molar-refractivity contribution in [1.29, 1.82) is 0 Å². The first kappa shape index (κ1) is 18.6. The highest BCUT2D eigenvalue weighted by Gasteiger charge is 2.21. The molecule has 0 saturated carbocycles. The summed E-state index contributed by atoms with van der Waals surface area (Å²) >= 11 is 0. The lowest BCUT2D eigenvalue weighted by Crippen LogP contribution is -2.26. The number of amides is 1. The highest BCUT2D eigenvalue weighted by atomic mass is 19.1. The van der Waals surface area contributed by atoms with Crippen molar-refractivity contribution in [2.75, 3.05) is 13.7 Å². The van der Waals surface area contributed by atoms with E-state index in [0.717, 1.165) is 16.9 Å². The Morgan fingerprint density at radius 1 is 1.19 bits per heavy atom. The van der Waals surface area contributed by atoms with Gasteiger partial charge in [-0.1, -0.05) is 22.9 Å². The maximum Gasteiger partial charge on any atom is 0.257 e. The smallest absolute Gasteiger partial charge is 0.257 e. The highest BCUT2D eigenvalue weighted by Crippen LogP contribution is 2.25. The molecule has 0 aliphatic carbocycles. The lowest BCUT2D eigenvalue weighted by atomic mass is 10.0. The summed E-state index contributed by atoms with van der Waals surface area (Å²) in [7, 11) is 1.63. The van der Waals surface area contributed by atoms with Gasteiger partial charge in [0, 0.05) is 12.1 Å². The molecule has 0 bridgehead atoms. The molecule has 3 aromatic rings. The molecule has 140 valence electrons. The molecule has 1 heterocycles. The second-order valence-electron chi connectivity index (χ2n) is 6.29. The predicted octanol–water partition coefficient (Wildman–Crippen LogP) is 4.08. The number of hydrogen-bond acceptors (Lipinski definition) is 4. The fourth-order valence-corrected chi connectivity index (χ4v) is 2.95. The average molecular weight is 368 g/mol. The minimum absolute atomic E-state index is 0.278. The van der Waals surface area contributed by atoms with Crippen molar-refractivity contribution in [3.05, 3.63) is 70.7 Å². The van der Waals surface area contributed by atoms with E-state index in [1.807, 2.05) is 25.1 Å². The Morgan fingerprint density at radius 3 is 2.63 bits per heavy atom. The van der Waals surface area contributed by atoms with Gasteiger partial charge in [0.25, 0.3) is 5.91 Å². The van der Waals surface area contributed by atoms with Crippen LogP contribution in [0.3, 0.4) is 0 Å². The van der Waals surface area contributed by atoms with E-state index in [0.29, 0.717) is 35.5 Å². The number of rotatable bonds is 6. The Bertz CT molecular complexity index is 949. The van der Waals surface area contributed by atoms with Crippen LogP contribution >= 0.6 is 0 Å². The van der Waals surface area contributed by atoms with Gasteiger partial charge < -0.3 is 14.6 Å². The molecule has 1 aromatic heterocycles. The first-order valence-corrected chi connectivity index (χ1v) is 8.63. The normalized spacial score (nSPS) is 10.7. The van der Waals surface area contributed by atoms with Gasteiger partial charge in [0.05, 0.1) is 7.11 Å². The van der Waals surface area contributed by atoms with Crippen LogP contribution in [0.1, 0.15) is 27.2 Å². The van der Waals surface area contributed by atoms with Gasteiger partial charge in [0.2, 0.25) is 0 Å². The van der Waals surface area contributed by atoms with Crippen LogP contribution in [0.4, 0.5) is 4.39 Å². The first-order chi connectivity index (χ1) is 13.0. The van der Waals surface area contributed by atoms with Crippen LogP contribution < -0.4 is 10.1 Å². The van der Waals surface area contributed by atoms with Crippen LogP contribution in [0, 0.1) is 19.7 Å². The summed E-state index contributed by atoms with van der Waals surface area (Å²) in [6, 6.07) is 11.7. The predicted molar refractivity (Wildman–Crippen MR) is 100 cm³/mol. The summed E-state index contributed by atoms with van der Waals surface area (Å²) in [5.41, 5.74) is 3.54. The Morgan fingerprint density at radius 2 is 1.93 bits per heavy atom. The van der Waals surface area contributed by atoms with Crippen molar-refractivity contribution in [2.24, 2.45) is 0 Å². The molecule has 0 fully saturated rings. The molecule has 0 radical (unpaired) electrons. The quantitative estimate of drug-likeness (QED) is 0.712. The summed E-state index contributed by atoms with van der Waals surface area (Å²) in [5.74, 6) is 0.583. The van der Waals surface area contributed by atoms with Crippen LogP contribution in [0.15, 0.2) is 47.0 Å². The lowest BCUT2D eigenvalue weighted by Gasteiger charge is -2.10. The molecule has 0 aliphatic heterocycles. The van der Waals surface area contributed by atoms with Gasteiger partial charge in [-0.2, -0.15) is 0 Å². The average Bonchev–Trinajstić information content (AvgIpc) is 3.04. The summed E-state index contributed by atoms with van der Waals surface area (Å²) in [4.78, 5) is 12.7. The van der Waals surface area contributed by atoms with Gasteiger partial charge >= 0.3 is 0 Å². The standard InChI is InChI=1S/C21H21FN2O3/c1-13-4-9-18(26-3)16(12-13)10-11-23-21(25)19-14(2)27-24-20(19)15-5-7-17(22)8-6-15/h4-9,12H,10-11H2,1-3H3,(H,23,25). The van der Waals surface area contributed by atoms with Crippen molar-refractivity contribution in [2.45, 2.75) is 20.3 Å². The summed E-state index contributed by atoms with van der Waals surface area (Å²) in [5, 5.41) is 6.86. The van der Waals surface area contributed by atoms with E-state index in [9.17, 15) is 9.18 Å². The maximum absolute atomic E-state index is 13.2. The summed E-state index contributed by atoms with van der Waals surface area (Å²) in [6.07, 6.45) is 0.632. The zero-order valence-electron chi connectivity index (χ0n) is 15.5. The van der Waals surface area contributed by atoms with Gasteiger partial charge in [0.15, 0.2) is 0 Å². The first-order valence-electron chi connectivity index (χ1n) is 8.63. The second kappa shape index (κ2) is 8.03. The van der Waals surface area contributed by atoms with E-state index in [1.54, 1.807) is 26.2 Å². The molecule has 0 unspecified atom stereocenters. The minimum atomic E-state index is -0.350. The highest BCUT2D eigenvalue weighted by molar-refractivity contribution is 6.00. The molecule has 0 aliphatic rings. The number of aromatic nitrogens is 1. The molecule has 6 heteroatoms. The summed E-state index contributed by atoms with van der Waals surface area (Å²) < 4.78 is 23.7. The number of carbonyl (C=O) groups is 1. The van der Waals surface area contributed by atoms with Gasteiger partial charge in [-0.05, 0) is 56.2 Å². The minimum Gasteiger partial charge on any atom is -0.496 e. The molecule has 0 spiro atoms. The molecule has 3 rings (SSSR count). The fraction of sp³-hybridized carbons (Fsp3) is 0.238. The van der Waals surface area contributed by atoms with E-state index >= 15 is 0 Å². The molecule has 1 amide bonds. The van der Waals surface area contributed by atoms with Gasteiger partial charge in [-0.3, -0.25) is 4.79 Å². The topological polar surface area (TPSA) is 64.4 Å². The number of carbonyl (C=O) groups excluding carboxylic acids is 1. The van der Waals surface area contributed by atoms with Gasteiger partial charge in [-0.25, -0.2) is 4.39 Å². The zero-order valence-corrected chi connectivity index (χ0v) is 15.5. The maximum atomic E-state index is 13.2. The molecule has 2 aromatic carbocycles. The Balaban J connectivity index is 1.73. The van der Waals surface area contributed by atoms with E-state index in [-0.39, 0.29) is 11.7 Å². The van der Waals surface area contributed by atoms with Crippen molar-refractivity contribution in [3.63, 3.8) is 0 Å². The fourth-order valence-electron chi connectivity index (χ4n) is 2.95. The summed E-state index contributed by atoms with van der Waals surface area (Å²) in [6.45, 7) is 4.13. The van der Waals surface area contributed by atoms with Crippen LogP contribution in [0.2, 0.25) is 0 Å². The Kier molecular flexibility index (Phi) is 5.54. The molecule has 27 heavy (non-hydrogen) atoms. The number of benzene rings is 2. The third-order valence-corrected chi connectivity index (χ3v) is 4.32. The number of hydrogen-bond donors (Lipinski definition) is 1. The third kappa shape index (κ3) is 4.16. The van der Waals surface area contributed by atoms with Crippen LogP contribution in [-0.4, -0.2) is 24.7 Å². The molecular formula is C21H21FN2O3. The van der Waals surface area contributed by atoms with Gasteiger partial charge in [0.1, 0.15) is 28.6 Å². The number of nitrogens with zero attached hydrogens (tertiary/aromatic N) is 1. The van der Waals surface area contributed by atoms with Crippen molar-refractivity contribution < 1.29 is 18.4 Å². The molecule has 0 saturated heterocycles. The van der Waals surface area contributed by atoms with Crippen LogP contribution in [0.5, 0.6) is 5.75 Å². The largest absolute Gasteiger partial charge is 0.496 e. The molecule has 0 atom stereocenters. The number of halogens is 1. The van der Waals surface area contributed by atoms with E-state index in [2.05, 4.69) is 10.5 Å². The number of methoxy groups -OCH3 is 1. The zero-order chi connectivity index (χ0) is 19.4. The number of aryl methyl sites for hydroxylation is 2. The van der Waals surface area contributed by atoms with Crippen molar-refractivity contribution in [1.82, 2.24) is 10.5 Å².